The van der Waals surface area contributed by atoms with Crippen molar-refractivity contribution >= 4 is 24.3 Å². The summed E-state index contributed by atoms with van der Waals surface area (Å²) in [7, 11) is -0.700. The molecule has 0 aromatic carbocycles. The van der Waals surface area contributed by atoms with Crippen molar-refractivity contribution in [2.45, 2.75) is 45.3 Å². The summed E-state index contributed by atoms with van der Waals surface area (Å²) in [5, 5.41) is -0.220. The van der Waals surface area contributed by atoms with Crippen molar-refractivity contribution in [3.8, 4) is 0 Å². The first kappa shape index (κ1) is 14.7. The number of hydrogen-bond acceptors (Lipinski definition) is 3. The van der Waals surface area contributed by atoms with Gasteiger partial charge >= 0.3 is 7.12 Å². The van der Waals surface area contributed by atoms with Gasteiger partial charge in [0, 0.05) is 0 Å². The second-order valence-electron chi connectivity index (χ2n) is 5.51. The zero-order valence-electron chi connectivity index (χ0n) is 11.2. The Bertz CT molecular complexity index is 481. The molecular weight excluding hydrogens is 274 g/mol. The number of halogens is 3. The fraction of sp³-hybridized carbons (Fsp3) is 0.583. The summed E-state index contributed by atoms with van der Waals surface area (Å²) in [6, 6.07) is 2.70. The Kier molecular flexibility index (Phi) is 3.62. The van der Waals surface area contributed by atoms with Crippen molar-refractivity contribution in [3.63, 3.8) is 0 Å². The van der Waals surface area contributed by atoms with E-state index in [2.05, 4.69) is 4.98 Å². The topological polar surface area (TPSA) is 31.4 Å². The van der Waals surface area contributed by atoms with E-state index in [-0.39, 0.29) is 10.7 Å². The highest BCUT2D eigenvalue weighted by molar-refractivity contribution is 6.61. The molecule has 19 heavy (non-hydrogen) atoms. The zero-order chi connectivity index (χ0) is 14.4. The molecule has 0 aliphatic carbocycles. The van der Waals surface area contributed by atoms with Gasteiger partial charge in [0.1, 0.15) is 5.15 Å². The molecule has 3 nitrogen and oxygen atoms in total. The van der Waals surface area contributed by atoms with Crippen LogP contribution >= 0.6 is 11.6 Å². The lowest BCUT2D eigenvalue weighted by Crippen LogP contribution is -2.41. The van der Waals surface area contributed by atoms with Crippen LogP contribution in [0.2, 0.25) is 5.15 Å². The van der Waals surface area contributed by atoms with Crippen molar-refractivity contribution in [1.82, 2.24) is 4.98 Å². The van der Waals surface area contributed by atoms with Crippen LogP contribution in [-0.4, -0.2) is 23.3 Å². The van der Waals surface area contributed by atoms with Gasteiger partial charge in [-0.3, -0.25) is 0 Å². The monoisotopic (exact) mass is 289 g/mol. The molecule has 1 aliphatic rings. The Labute approximate surface area is 116 Å². The van der Waals surface area contributed by atoms with Crippen molar-refractivity contribution in [2.24, 2.45) is 0 Å². The molecule has 2 rings (SSSR count). The first-order valence-electron chi connectivity index (χ1n) is 5.94. The fourth-order valence-electron chi connectivity index (χ4n) is 1.72. The van der Waals surface area contributed by atoms with Gasteiger partial charge in [-0.1, -0.05) is 11.6 Å². The lowest BCUT2D eigenvalue weighted by Gasteiger charge is -2.32. The maximum atomic E-state index is 12.6. The third-order valence-corrected chi connectivity index (χ3v) is 3.93. The molecule has 0 N–H and O–H groups in total. The highest BCUT2D eigenvalue weighted by Crippen LogP contribution is 2.36. The maximum Gasteiger partial charge on any atom is 0.514 e. The first-order chi connectivity index (χ1) is 8.64. The van der Waals surface area contributed by atoms with E-state index < -0.39 is 24.7 Å². The van der Waals surface area contributed by atoms with Gasteiger partial charge in [0.2, 0.25) is 0 Å². The molecule has 0 spiro atoms. The molecule has 104 valence electrons. The molecule has 1 aromatic heterocycles. The summed E-state index contributed by atoms with van der Waals surface area (Å²) in [6.07, 6.45) is -2.65. The van der Waals surface area contributed by atoms with E-state index in [1.807, 2.05) is 27.7 Å². The Morgan fingerprint density at radius 1 is 1.16 bits per heavy atom. The van der Waals surface area contributed by atoms with Gasteiger partial charge in [-0.2, -0.15) is 0 Å². The number of alkyl halides is 2. The van der Waals surface area contributed by atoms with E-state index in [1.165, 1.54) is 12.1 Å². The number of aromatic nitrogens is 1. The molecule has 0 atom stereocenters. The zero-order valence-corrected chi connectivity index (χ0v) is 12.0. The van der Waals surface area contributed by atoms with E-state index in [0.29, 0.717) is 5.59 Å². The molecule has 1 saturated heterocycles. The van der Waals surface area contributed by atoms with E-state index >= 15 is 0 Å². The highest BCUT2D eigenvalue weighted by atomic mass is 35.5. The number of nitrogens with zero attached hydrogens (tertiary/aromatic N) is 1. The van der Waals surface area contributed by atoms with Gasteiger partial charge in [-0.15, -0.1) is 0 Å². The van der Waals surface area contributed by atoms with Crippen LogP contribution < -0.4 is 5.59 Å². The van der Waals surface area contributed by atoms with Crippen LogP contribution in [0.3, 0.4) is 0 Å². The quantitative estimate of drug-likeness (QED) is 0.619. The molecule has 1 aliphatic heterocycles. The van der Waals surface area contributed by atoms with Crippen molar-refractivity contribution in [3.05, 3.63) is 22.8 Å². The Balaban J connectivity index is 2.28. The minimum atomic E-state index is -2.65. The molecular formula is C12H15BClF2NO2. The van der Waals surface area contributed by atoms with E-state index in [1.54, 1.807) is 0 Å². The fourth-order valence-corrected chi connectivity index (χ4v) is 1.96. The number of pyridine rings is 1. The molecule has 0 bridgehead atoms. The van der Waals surface area contributed by atoms with Crippen LogP contribution in [0.25, 0.3) is 0 Å². The number of hydrogen-bond donors (Lipinski definition) is 0. The van der Waals surface area contributed by atoms with Crippen LogP contribution in [0.4, 0.5) is 8.78 Å². The molecule has 2 heterocycles. The summed E-state index contributed by atoms with van der Waals surface area (Å²) in [5.74, 6) is 0. The van der Waals surface area contributed by atoms with Crippen LogP contribution in [0.15, 0.2) is 12.1 Å². The summed E-state index contributed by atoms with van der Waals surface area (Å²) in [4.78, 5) is 3.94. The van der Waals surface area contributed by atoms with E-state index in [0.717, 1.165) is 0 Å². The third kappa shape index (κ3) is 2.62. The maximum absolute atomic E-state index is 12.6. The third-order valence-electron chi connectivity index (χ3n) is 3.63. The smallest absolute Gasteiger partial charge is 0.398 e. The molecule has 1 aromatic rings. The Morgan fingerprint density at radius 2 is 1.68 bits per heavy atom. The van der Waals surface area contributed by atoms with E-state index in [4.69, 9.17) is 20.9 Å². The molecule has 7 heteroatoms. The summed E-state index contributed by atoms with van der Waals surface area (Å²) in [6.45, 7) is 7.62. The predicted molar refractivity (Wildman–Crippen MR) is 69.9 cm³/mol. The normalized spacial score (nSPS) is 21.2. The second-order valence-corrected chi connectivity index (χ2v) is 5.86. The van der Waals surface area contributed by atoms with Crippen LogP contribution in [0, 0.1) is 0 Å². The predicted octanol–water partition coefficient (Wildman–Crippen LogP) is 2.97. The lowest BCUT2D eigenvalue weighted by molar-refractivity contribution is 0.00578. The summed E-state index contributed by atoms with van der Waals surface area (Å²) < 4.78 is 36.7. The minimum Gasteiger partial charge on any atom is -0.398 e. The van der Waals surface area contributed by atoms with Crippen molar-refractivity contribution in [1.29, 1.82) is 0 Å². The Morgan fingerprint density at radius 3 is 2.11 bits per heavy atom. The highest BCUT2D eigenvalue weighted by Gasteiger charge is 2.52. The van der Waals surface area contributed by atoms with Gasteiger partial charge in [0.05, 0.1) is 22.4 Å². The largest absolute Gasteiger partial charge is 0.514 e. The Hall–Kier alpha value is -0.715. The lowest BCUT2D eigenvalue weighted by atomic mass is 9.84. The number of rotatable bonds is 2. The van der Waals surface area contributed by atoms with Gasteiger partial charge in [0.15, 0.2) is 0 Å². The van der Waals surface area contributed by atoms with Crippen molar-refractivity contribution in [2.75, 3.05) is 0 Å². The van der Waals surface area contributed by atoms with Crippen LogP contribution in [0.5, 0.6) is 0 Å². The van der Waals surface area contributed by atoms with E-state index in [9.17, 15) is 8.78 Å². The van der Waals surface area contributed by atoms with Crippen LogP contribution in [0.1, 0.15) is 39.7 Å². The summed E-state index contributed by atoms with van der Waals surface area (Å²) in [5.41, 5.74) is -0.907. The average Bonchev–Trinajstić information content (AvgIpc) is 2.47. The van der Waals surface area contributed by atoms with Gasteiger partial charge in [-0.25, -0.2) is 13.8 Å². The molecule has 0 saturated carbocycles. The molecule has 1 fully saturated rings. The summed E-state index contributed by atoms with van der Waals surface area (Å²) >= 11 is 5.74. The molecule has 0 radical (unpaired) electrons. The van der Waals surface area contributed by atoms with Crippen molar-refractivity contribution < 1.29 is 18.1 Å². The second kappa shape index (κ2) is 4.68. The standard InChI is InChI=1S/C12H15BClF2NO2/c1-11(2)12(3,4)19-13(18-11)8-6-5-7(10(15)16)9(14)17-8/h5-6,10H,1-4H3. The van der Waals surface area contributed by atoms with Gasteiger partial charge in [0.25, 0.3) is 6.43 Å². The SMILES string of the molecule is CC1(C)OB(c2ccc(C(F)F)c(Cl)n2)OC1(C)C. The minimum absolute atomic E-state index is 0.220. The van der Waals surface area contributed by atoms with Gasteiger partial charge < -0.3 is 9.31 Å². The van der Waals surface area contributed by atoms with Gasteiger partial charge in [-0.05, 0) is 39.8 Å². The first-order valence-corrected chi connectivity index (χ1v) is 6.32. The molecule has 0 amide bonds. The van der Waals surface area contributed by atoms with Crippen LogP contribution in [-0.2, 0) is 9.31 Å². The average molecular weight is 290 g/mol. The molecule has 0 unspecified atom stereocenters.